The first kappa shape index (κ1) is 11.8. The van der Waals surface area contributed by atoms with Crippen molar-refractivity contribution in [3.8, 4) is 0 Å². The second kappa shape index (κ2) is 4.77. The lowest BCUT2D eigenvalue weighted by Crippen LogP contribution is -2.23. The zero-order chi connectivity index (χ0) is 13.2. The maximum absolute atomic E-state index is 13.4. The molecule has 19 heavy (non-hydrogen) atoms. The molecule has 0 spiro atoms. The largest absolute Gasteiger partial charge is 0.346 e. The highest BCUT2D eigenvalue weighted by Gasteiger charge is 2.12. The van der Waals surface area contributed by atoms with Crippen LogP contribution in [0.5, 0.6) is 0 Å². The van der Waals surface area contributed by atoms with Crippen LogP contribution < -0.4 is 5.32 Å². The summed E-state index contributed by atoms with van der Waals surface area (Å²) in [5.74, 6) is -0.684. The zero-order valence-corrected chi connectivity index (χ0v) is 10.5. The number of nitrogens with one attached hydrogen (secondary N) is 1. The van der Waals surface area contributed by atoms with Crippen LogP contribution >= 0.6 is 11.3 Å². The summed E-state index contributed by atoms with van der Waals surface area (Å²) in [4.78, 5) is 16.6. The SMILES string of the molecule is O=C(NCc1ccccc1F)c1cn2ncsc2n1. The quantitative estimate of drug-likeness (QED) is 0.794. The Bertz CT molecular complexity index is 707. The lowest BCUT2D eigenvalue weighted by Gasteiger charge is -2.04. The van der Waals surface area contributed by atoms with Crippen molar-refractivity contribution in [2.24, 2.45) is 0 Å². The maximum Gasteiger partial charge on any atom is 0.271 e. The Morgan fingerprint density at radius 1 is 1.42 bits per heavy atom. The number of rotatable bonds is 3. The standard InChI is InChI=1S/C12H9FN4OS/c13-9-4-2-1-3-8(9)5-14-11(18)10-6-17-12(16-10)19-7-15-17/h1-4,6-7H,5H2,(H,14,18). The summed E-state index contributed by atoms with van der Waals surface area (Å²) >= 11 is 1.34. The van der Waals surface area contributed by atoms with E-state index in [1.165, 1.54) is 21.9 Å². The van der Waals surface area contributed by atoms with Gasteiger partial charge in [0.15, 0.2) is 0 Å². The number of fused-ring (bicyclic) bond motifs is 1. The second-order valence-electron chi connectivity index (χ2n) is 3.87. The van der Waals surface area contributed by atoms with Crippen LogP contribution in [0.2, 0.25) is 0 Å². The van der Waals surface area contributed by atoms with E-state index in [4.69, 9.17) is 0 Å². The Morgan fingerprint density at radius 3 is 3.05 bits per heavy atom. The van der Waals surface area contributed by atoms with Gasteiger partial charge >= 0.3 is 0 Å². The van der Waals surface area contributed by atoms with Crippen LogP contribution in [-0.4, -0.2) is 20.5 Å². The van der Waals surface area contributed by atoms with E-state index in [2.05, 4.69) is 15.4 Å². The van der Waals surface area contributed by atoms with Crippen molar-refractivity contribution < 1.29 is 9.18 Å². The molecule has 1 N–H and O–H groups in total. The van der Waals surface area contributed by atoms with E-state index >= 15 is 0 Å². The number of carbonyl (C=O) groups excluding carboxylic acids is 1. The third-order valence-electron chi connectivity index (χ3n) is 2.62. The second-order valence-corrected chi connectivity index (χ2v) is 4.68. The van der Waals surface area contributed by atoms with E-state index in [0.717, 1.165) is 0 Å². The van der Waals surface area contributed by atoms with Crippen molar-refractivity contribution in [1.82, 2.24) is 19.9 Å². The van der Waals surface area contributed by atoms with Gasteiger partial charge in [-0.25, -0.2) is 13.9 Å². The van der Waals surface area contributed by atoms with Crippen LogP contribution in [0, 0.1) is 5.82 Å². The summed E-state index contributed by atoms with van der Waals surface area (Å²) < 4.78 is 14.9. The molecule has 1 aromatic carbocycles. The Morgan fingerprint density at radius 2 is 2.26 bits per heavy atom. The van der Waals surface area contributed by atoms with Crippen LogP contribution in [0.3, 0.4) is 0 Å². The van der Waals surface area contributed by atoms with E-state index in [0.29, 0.717) is 10.5 Å². The van der Waals surface area contributed by atoms with Crippen molar-refractivity contribution in [1.29, 1.82) is 0 Å². The van der Waals surface area contributed by atoms with Crippen LogP contribution in [0.1, 0.15) is 16.1 Å². The number of amides is 1. The van der Waals surface area contributed by atoms with Gasteiger partial charge in [-0.1, -0.05) is 29.5 Å². The van der Waals surface area contributed by atoms with Crippen LogP contribution in [-0.2, 0) is 6.54 Å². The van der Waals surface area contributed by atoms with Crippen LogP contribution in [0.15, 0.2) is 36.0 Å². The predicted octanol–water partition coefficient (Wildman–Crippen LogP) is 1.86. The molecular formula is C12H9FN4OS. The van der Waals surface area contributed by atoms with Crippen molar-refractivity contribution >= 4 is 22.2 Å². The van der Waals surface area contributed by atoms with E-state index in [1.807, 2.05) is 0 Å². The summed E-state index contributed by atoms with van der Waals surface area (Å²) in [6.07, 6.45) is 1.54. The topological polar surface area (TPSA) is 59.3 Å². The maximum atomic E-state index is 13.4. The lowest BCUT2D eigenvalue weighted by molar-refractivity contribution is 0.0946. The van der Waals surface area contributed by atoms with Crippen LogP contribution in [0.25, 0.3) is 4.96 Å². The summed E-state index contributed by atoms with van der Waals surface area (Å²) in [7, 11) is 0. The molecule has 0 saturated heterocycles. The van der Waals surface area contributed by atoms with E-state index < -0.39 is 0 Å². The predicted molar refractivity (Wildman–Crippen MR) is 68.4 cm³/mol. The molecule has 0 radical (unpaired) electrons. The smallest absolute Gasteiger partial charge is 0.271 e. The minimum atomic E-state index is -0.346. The summed E-state index contributed by atoms with van der Waals surface area (Å²) in [5, 5.41) is 6.62. The highest BCUT2D eigenvalue weighted by atomic mass is 32.1. The van der Waals surface area contributed by atoms with Gasteiger partial charge in [-0.05, 0) is 6.07 Å². The van der Waals surface area contributed by atoms with Gasteiger partial charge in [0.05, 0.1) is 6.20 Å². The van der Waals surface area contributed by atoms with Crippen molar-refractivity contribution in [3.05, 3.63) is 53.0 Å². The molecule has 0 bridgehead atoms. The monoisotopic (exact) mass is 276 g/mol. The summed E-state index contributed by atoms with van der Waals surface area (Å²) in [5.41, 5.74) is 2.36. The molecule has 7 heteroatoms. The minimum absolute atomic E-state index is 0.129. The highest BCUT2D eigenvalue weighted by molar-refractivity contribution is 7.14. The number of hydrogen-bond acceptors (Lipinski definition) is 4. The molecular weight excluding hydrogens is 267 g/mol. The average molecular weight is 276 g/mol. The summed E-state index contributed by atoms with van der Waals surface area (Å²) in [6, 6.07) is 6.32. The van der Waals surface area contributed by atoms with Crippen molar-refractivity contribution in [2.75, 3.05) is 0 Å². The molecule has 0 unspecified atom stereocenters. The van der Waals surface area contributed by atoms with Gasteiger partial charge in [-0.15, -0.1) is 0 Å². The van der Waals surface area contributed by atoms with Gasteiger partial charge in [0, 0.05) is 12.1 Å². The fourth-order valence-corrected chi connectivity index (χ4v) is 2.26. The molecule has 0 atom stereocenters. The highest BCUT2D eigenvalue weighted by Crippen LogP contribution is 2.09. The molecule has 1 amide bonds. The van der Waals surface area contributed by atoms with E-state index in [9.17, 15) is 9.18 Å². The number of hydrogen-bond donors (Lipinski definition) is 1. The van der Waals surface area contributed by atoms with E-state index in [1.54, 1.807) is 29.9 Å². The molecule has 2 heterocycles. The third kappa shape index (κ3) is 2.32. The Balaban J connectivity index is 1.72. The zero-order valence-electron chi connectivity index (χ0n) is 9.71. The Hall–Kier alpha value is -2.28. The fourth-order valence-electron chi connectivity index (χ4n) is 1.66. The van der Waals surface area contributed by atoms with Gasteiger partial charge in [0.2, 0.25) is 4.96 Å². The molecule has 3 rings (SSSR count). The van der Waals surface area contributed by atoms with Gasteiger partial charge in [0.1, 0.15) is 17.0 Å². The Kier molecular flexibility index (Phi) is 2.96. The molecule has 96 valence electrons. The fraction of sp³-hybridized carbons (Fsp3) is 0.0833. The molecule has 2 aromatic heterocycles. The average Bonchev–Trinajstić information content (AvgIpc) is 2.98. The van der Waals surface area contributed by atoms with Gasteiger partial charge in [-0.3, -0.25) is 4.79 Å². The number of imidazole rings is 1. The molecule has 0 aliphatic heterocycles. The first-order valence-corrected chi connectivity index (χ1v) is 6.42. The first-order chi connectivity index (χ1) is 9.24. The number of benzene rings is 1. The lowest BCUT2D eigenvalue weighted by atomic mass is 10.2. The van der Waals surface area contributed by atoms with Crippen molar-refractivity contribution in [2.45, 2.75) is 6.54 Å². The number of nitrogens with zero attached hydrogens (tertiary/aromatic N) is 3. The number of carbonyl (C=O) groups is 1. The molecule has 5 nitrogen and oxygen atoms in total. The molecule has 0 aliphatic rings. The summed E-state index contributed by atoms with van der Waals surface area (Å²) in [6.45, 7) is 0.129. The van der Waals surface area contributed by atoms with Gasteiger partial charge in [-0.2, -0.15) is 5.10 Å². The normalized spacial score (nSPS) is 10.8. The molecule has 3 aromatic rings. The molecule has 0 aliphatic carbocycles. The Labute approximate surface area is 111 Å². The van der Waals surface area contributed by atoms with Crippen LogP contribution in [0.4, 0.5) is 4.39 Å². The minimum Gasteiger partial charge on any atom is -0.346 e. The van der Waals surface area contributed by atoms with E-state index in [-0.39, 0.29) is 24.0 Å². The van der Waals surface area contributed by atoms with Crippen molar-refractivity contribution in [3.63, 3.8) is 0 Å². The van der Waals surface area contributed by atoms with Gasteiger partial charge in [0.25, 0.3) is 5.91 Å². The number of halogens is 1. The molecule has 0 saturated carbocycles. The third-order valence-corrected chi connectivity index (χ3v) is 3.31. The number of aromatic nitrogens is 3. The first-order valence-electron chi connectivity index (χ1n) is 5.54. The van der Waals surface area contributed by atoms with Gasteiger partial charge < -0.3 is 5.32 Å². The molecule has 0 fully saturated rings.